The number of thiophene rings is 1. The van der Waals surface area contributed by atoms with Gasteiger partial charge < -0.3 is 14.5 Å². The average molecular weight is 407 g/mol. The summed E-state index contributed by atoms with van der Waals surface area (Å²) in [5.74, 6) is 0.0214. The van der Waals surface area contributed by atoms with Gasteiger partial charge in [-0.25, -0.2) is 0 Å². The summed E-state index contributed by atoms with van der Waals surface area (Å²) in [6.07, 6.45) is 2.40. The molecule has 2 amide bonds. The summed E-state index contributed by atoms with van der Waals surface area (Å²) in [5.41, 5.74) is 1.42. The summed E-state index contributed by atoms with van der Waals surface area (Å²) in [4.78, 5) is 29.8. The fraction of sp³-hybridized carbons (Fsp3) is 0.409. The Morgan fingerprint density at radius 2 is 1.93 bits per heavy atom. The van der Waals surface area contributed by atoms with Crippen LogP contribution in [-0.4, -0.2) is 46.5 Å². The molecule has 0 N–H and O–H groups in total. The first kappa shape index (κ1) is 18.3. The molecule has 29 heavy (non-hydrogen) atoms. The van der Waals surface area contributed by atoms with E-state index in [4.69, 9.17) is 4.74 Å². The second-order valence-electron chi connectivity index (χ2n) is 7.88. The van der Waals surface area contributed by atoms with Gasteiger partial charge in [-0.3, -0.25) is 9.59 Å². The Morgan fingerprint density at radius 3 is 2.66 bits per heavy atom. The Kier molecular flexibility index (Phi) is 4.41. The standard InChI is InChI=1S/C22H21N3O3S/c23-12-16-13-29-14-17(16)18-6-7-19-25(18)21(27)22(28-19)8-10-24(11-9-22)20(26)15-4-2-1-3-5-15/h1-5,13-14,18-19H,6-11H2/t18-,19+/m0/s1. The highest BCUT2D eigenvalue weighted by molar-refractivity contribution is 7.08. The molecular weight excluding hydrogens is 386 g/mol. The van der Waals surface area contributed by atoms with Crippen LogP contribution in [0.25, 0.3) is 0 Å². The predicted molar refractivity (Wildman–Crippen MR) is 107 cm³/mol. The van der Waals surface area contributed by atoms with E-state index in [-0.39, 0.29) is 24.1 Å². The van der Waals surface area contributed by atoms with Gasteiger partial charge in [0.05, 0.1) is 11.6 Å². The van der Waals surface area contributed by atoms with Crippen molar-refractivity contribution in [1.82, 2.24) is 9.80 Å². The molecule has 3 fully saturated rings. The van der Waals surface area contributed by atoms with Crippen LogP contribution in [0.4, 0.5) is 0 Å². The number of hydrogen-bond acceptors (Lipinski definition) is 5. The highest BCUT2D eigenvalue weighted by Crippen LogP contribution is 2.48. The van der Waals surface area contributed by atoms with E-state index in [0.717, 1.165) is 18.4 Å². The van der Waals surface area contributed by atoms with Gasteiger partial charge in [-0.05, 0) is 30.4 Å². The number of likely N-dealkylation sites (tertiary alicyclic amines) is 1. The van der Waals surface area contributed by atoms with Crippen molar-refractivity contribution in [2.45, 2.75) is 43.6 Å². The van der Waals surface area contributed by atoms with E-state index in [2.05, 4.69) is 6.07 Å². The van der Waals surface area contributed by atoms with E-state index in [1.54, 1.807) is 0 Å². The maximum absolute atomic E-state index is 13.4. The quantitative estimate of drug-likeness (QED) is 0.766. The van der Waals surface area contributed by atoms with Crippen molar-refractivity contribution in [3.05, 3.63) is 57.8 Å². The lowest BCUT2D eigenvalue weighted by Gasteiger charge is -2.37. The molecule has 3 saturated heterocycles. The topological polar surface area (TPSA) is 73.6 Å². The molecule has 0 saturated carbocycles. The minimum Gasteiger partial charge on any atom is -0.342 e. The first-order chi connectivity index (χ1) is 14.1. The van der Waals surface area contributed by atoms with Gasteiger partial charge in [0.2, 0.25) is 0 Å². The number of carbonyl (C=O) groups is 2. The maximum Gasteiger partial charge on any atom is 0.257 e. The summed E-state index contributed by atoms with van der Waals surface area (Å²) in [7, 11) is 0. The lowest BCUT2D eigenvalue weighted by molar-refractivity contribution is -0.142. The number of carbonyl (C=O) groups excluding carboxylic acids is 2. The molecule has 2 aromatic rings. The first-order valence-corrected chi connectivity index (χ1v) is 10.9. The second-order valence-corrected chi connectivity index (χ2v) is 8.63. The fourth-order valence-corrected chi connectivity index (χ4v) is 5.66. The van der Waals surface area contributed by atoms with Gasteiger partial charge in [0.25, 0.3) is 11.8 Å². The number of rotatable bonds is 2. The Labute approximate surface area is 173 Å². The van der Waals surface area contributed by atoms with E-state index in [1.165, 1.54) is 11.3 Å². The van der Waals surface area contributed by atoms with E-state index < -0.39 is 5.60 Å². The van der Waals surface area contributed by atoms with E-state index in [9.17, 15) is 14.9 Å². The number of amides is 2. The predicted octanol–water partition coefficient (Wildman–Crippen LogP) is 3.31. The normalized spacial score (nSPS) is 25.3. The molecule has 6 nitrogen and oxygen atoms in total. The van der Waals surface area contributed by atoms with Crippen molar-refractivity contribution in [2.75, 3.05) is 13.1 Å². The molecule has 0 aliphatic carbocycles. The van der Waals surface area contributed by atoms with Crippen LogP contribution in [0.2, 0.25) is 0 Å². The molecule has 148 valence electrons. The molecule has 1 spiro atoms. The van der Waals surface area contributed by atoms with Crippen molar-refractivity contribution in [2.24, 2.45) is 0 Å². The summed E-state index contributed by atoms with van der Waals surface area (Å²) >= 11 is 1.50. The summed E-state index contributed by atoms with van der Waals surface area (Å²) < 4.78 is 6.32. The minimum absolute atomic E-state index is 0.00112. The largest absolute Gasteiger partial charge is 0.342 e. The molecule has 2 atom stereocenters. The van der Waals surface area contributed by atoms with Crippen LogP contribution in [0.5, 0.6) is 0 Å². The van der Waals surface area contributed by atoms with Crippen molar-refractivity contribution in [1.29, 1.82) is 5.26 Å². The van der Waals surface area contributed by atoms with Crippen LogP contribution in [0.3, 0.4) is 0 Å². The summed E-state index contributed by atoms with van der Waals surface area (Å²) in [6.45, 7) is 1.01. The van der Waals surface area contributed by atoms with Crippen LogP contribution in [0, 0.1) is 11.3 Å². The Morgan fingerprint density at radius 1 is 1.17 bits per heavy atom. The van der Waals surface area contributed by atoms with Crippen LogP contribution in [-0.2, 0) is 9.53 Å². The third kappa shape index (κ3) is 2.86. The number of hydrogen-bond donors (Lipinski definition) is 0. The molecule has 3 aliphatic rings. The van der Waals surface area contributed by atoms with E-state index >= 15 is 0 Å². The molecule has 1 aromatic heterocycles. The number of nitrogens with zero attached hydrogens (tertiary/aromatic N) is 3. The molecule has 0 unspecified atom stereocenters. The lowest BCUT2D eigenvalue weighted by atomic mass is 9.89. The zero-order chi connectivity index (χ0) is 20.0. The van der Waals surface area contributed by atoms with Gasteiger partial charge in [-0.2, -0.15) is 16.6 Å². The van der Waals surface area contributed by atoms with Gasteiger partial charge in [0.15, 0.2) is 5.60 Å². The molecule has 3 aliphatic heterocycles. The molecule has 1 aromatic carbocycles. The molecular formula is C22H21N3O3S. The number of piperidine rings is 1. The number of nitriles is 1. The Hall–Kier alpha value is -2.69. The van der Waals surface area contributed by atoms with Gasteiger partial charge in [-0.15, -0.1) is 0 Å². The molecule has 0 radical (unpaired) electrons. The third-order valence-electron chi connectivity index (χ3n) is 6.37. The monoisotopic (exact) mass is 407 g/mol. The van der Waals surface area contributed by atoms with Gasteiger partial charge in [0, 0.05) is 42.4 Å². The fourth-order valence-electron chi connectivity index (χ4n) is 4.84. The van der Waals surface area contributed by atoms with Crippen LogP contribution >= 0.6 is 11.3 Å². The third-order valence-corrected chi connectivity index (χ3v) is 7.13. The van der Waals surface area contributed by atoms with Gasteiger partial charge >= 0.3 is 0 Å². The maximum atomic E-state index is 13.4. The van der Waals surface area contributed by atoms with E-state index in [0.29, 0.717) is 37.1 Å². The van der Waals surface area contributed by atoms with Crippen LogP contribution < -0.4 is 0 Å². The molecule has 5 rings (SSSR count). The van der Waals surface area contributed by atoms with Crippen LogP contribution in [0.15, 0.2) is 41.1 Å². The Balaban J connectivity index is 1.32. The summed E-state index contributed by atoms with van der Waals surface area (Å²) in [6, 6.07) is 11.4. The molecule has 7 heteroatoms. The SMILES string of the molecule is N#Cc1cscc1[C@@H]1CC[C@H]2OC3(CCN(C(=O)c4ccccc4)CC3)C(=O)N21. The van der Waals surface area contributed by atoms with Crippen molar-refractivity contribution < 1.29 is 14.3 Å². The smallest absolute Gasteiger partial charge is 0.257 e. The number of benzene rings is 1. The number of ether oxygens (including phenoxy) is 1. The average Bonchev–Trinajstić information content (AvgIpc) is 3.45. The molecule has 4 heterocycles. The zero-order valence-electron chi connectivity index (χ0n) is 15.9. The van der Waals surface area contributed by atoms with Crippen molar-refractivity contribution in [3.63, 3.8) is 0 Å². The van der Waals surface area contributed by atoms with E-state index in [1.807, 2.05) is 50.9 Å². The highest BCUT2D eigenvalue weighted by Gasteiger charge is 2.58. The highest BCUT2D eigenvalue weighted by atomic mass is 32.1. The van der Waals surface area contributed by atoms with Crippen molar-refractivity contribution in [3.8, 4) is 6.07 Å². The van der Waals surface area contributed by atoms with Gasteiger partial charge in [0.1, 0.15) is 12.3 Å². The first-order valence-electron chi connectivity index (χ1n) is 9.94. The Bertz CT molecular complexity index is 988. The lowest BCUT2D eigenvalue weighted by Crippen LogP contribution is -2.51. The van der Waals surface area contributed by atoms with Crippen LogP contribution in [0.1, 0.15) is 53.2 Å². The number of fused-ring (bicyclic) bond motifs is 1. The zero-order valence-corrected chi connectivity index (χ0v) is 16.7. The van der Waals surface area contributed by atoms with Gasteiger partial charge in [-0.1, -0.05) is 18.2 Å². The molecule has 0 bridgehead atoms. The second kappa shape index (κ2) is 6.97. The minimum atomic E-state index is -0.834. The summed E-state index contributed by atoms with van der Waals surface area (Å²) in [5, 5.41) is 13.2. The van der Waals surface area contributed by atoms with Crippen molar-refractivity contribution >= 4 is 23.2 Å².